The van der Waals surface area contributed by atoms with Crippen molar-refractivity contribution in [2.75, 3.05) is 12.8 Å². The summed E-state index contributed by atoms with van der Waals surface area (Å²) in [5.74, 6) is 3.54. The average molecular weight is 354 g/mol. The minimum atomic E-state index is -0.408. The van der Waals surface area contributed by atoms with Gasteiger partial charge in [0.2, 0.25) is 6.29 Å². The lowest BCUT2D eigenvalue weighted by atomic mass is 9.80. The first kappa shape index (κ1) is 18.6. The van der Waals surface area contributed by atoms with Gasteiger partial charge in [-0.2, -0.15) is 0 Å². The Balaban J connectivity index is 1.60. The van der Waals surface area contributed by atoms with E-state index < -0.39 is 5.41 Å². The van der Waals surface area contributed by atoms with E-state index in [0.717, 1.165) is 32.5 Å². The molecule has 2 bridgehead atoms. The highest BCUT2D eigenvalue weighted by atomic mass is 31.1. The van der Waals surface area contributed by atoms with Crippen LogP contribution in [0.3, 0.4) is 0 Å². The zero-order valence-corrected chi connectivity index (χ0v) is 17.0. The Labute approximate surface area is 149 Å². The molecule has 3 saturated carbocycles. The van der Waals surface area contributed by atoms with Crippen LogP contribution in [0.4, 0.5) is 0 Å². The Kier molecular flexibility index (Phi) is 5.62. The Morgan fingerprint density at radius 3 is 2.54 bits per heavy atom. The largest absolute Gasteiger partial charge is 0.435 e. The lowest BCUT2D eigenvalue weighted by Crippen LogP contribution is -2.40. The maximum atomic E-state index is 12.6. The van der Waals surface area contributed by atoms with Crippen LogP contribution in [0.1, 0.15) is 59.8 Å². The molecule has 3 aliphatic rings. The molecule has 0 radical (unpaired) electrons. The van der Waals surface area contributed by atoms with Crippen LogP contribution in [0.2, 0.25) is 0 Å². The lowest BCUT2D eigenvalue weighted by molar-refractivity contribution is -0.216. The summed E-state index contributed by atoms with van der Waals surface area (Å²) in [5.41, 5.74) is -0.408. The van der Waals surface area contributed by atoms with Crippen molar-refractivity contribution in [1.82, 2.24) is 0 Å². The quantitative estimate of drug-likeness (QED) is 0.378. The van der Waals surface area contributed by atoms with E-state index in [0.29, 0.717) is 12.0 Å². The van der Waals surface area contributed by atoms with E-state index in [1.54, 1.807) is 0 Å². The van der Waals surface area contributed by atoms with Crippen molar-refractivity contribution in [3.63, 3.8) is 0 Å². The molecule has 0 aromatic rings. The van der Waals surface area contributed by atoms with Gasteiger partial charge in [-0.05, 0) is 76.0 Å². The van der Waals surface area contributed by atoms with Gasteiger partial charge in [0.25, 0.3) is 0 Å². The van der Waals surface area contributed by atoms with Crippen LogP contribution >= 0.6 is 8.58 Å². The Morgan fingerprint density at radius 2 is 1.88 bits per heavy atom. The van der Waals surface area contributed by atoms with Crippen LogP contribution in [0.15, 0.2) is 0 Å². The molecule has 3 aliphatic carbocycles. The Hall–Kier alpha value is -0.140. The summed E-state index contributed by atoms with van der Waals surface area (Å²) in [6.45, 7) is 10.3. The summed E-state index contributed by atoms with van der Waals surface area (Å²) in [5, 5.41) is 0. The zero-order chi connectivity index (χ0) is 17.5. The number of hydrogen-bond acceptors (Lipinski definition) is 3. The maximum absolute atomic E-state index is 12.6. The molecule has 0 aliphatic heterocycles. The summed E-state index contributed by atoms with van der Waals surface area (Å²) in [4.78, 5) is 12.6. The Bertz CT molecular complexity index is 462. The molecule has 138 valence electrons. The number of ether oxygens (including phenoxy) is 2. The molecule has 4 heteroatoms. The first-order valence-electron chi connectivity index (χ1n) is 9.84. The van der Waals surface area contributed by atoms with E-state index >= 15 is 0 Å². The maximum Gasteiger partial charge on any atom is 0.314 e. The van der Waals surface area contributed by atoms with E-state index in [2.05, 4.69) is 20.5 Å². The number of rotatable bonds is 7. The van der Waals surface area contributed by atoms with E-state index in [4.69, 9.17) is 9.47 Å². The van der Waals surface area contributed by atoms with Gasteiger partial charge in [0.15, 0.2) is 0 Å². The number of esters is 1. The van der Waals surface area contributed by atoms with Gasteiger partial charge in [0, 0.05) is 5.92 Å². The fraction of sp³-hybridized carbons (Fsp3) is 0.950. The smallest absolute Gasteiger partial charge is 0.314 e. The molecular formula is C20H35O3P. The molecule has 7 atom stereocenters. The van der Waals surface area contributed by atoms with Crippen molar-refractivity contribution >= 4 is 14.6 Å². The lowest BCUT2D eigenvalue weighted by Gasteiger charge is -2.35. The van der Waals surface area contributed by atoms with Crippen molar-refractivity contribution < 1.29 is 14.3 Å². The van der Waals surface area contributed by atoms with Gasteiger partial charge < -0.3 is 9.47 Å². The molecular weight excluding hydrogens is 319 g/mol. The van der Waals surface area contributed by atoms with Crippen molar-refractivity contribution in [3.05, 3.63) is 0 Å². The molecule has 7 unspecified atom stereocenters. The molecule has 0 saturated heterocycles. The second-order valence-electron chi connectivity index (χ2n) is 9.26. The first-order chi connectivity index (χ1) is 11.3. The van der Waals surface area contributed by atoms with E-state index in [-0.39, 0.29) is 18.2 Å². The van der Waals surface area contributed by atoms with Gasteiger partial charge in [0.05, 0.1) is 11.5 Å². The third-order valence-corrected chi connectivity index (χ3v) is 7.85. The third-order valence-electron chi connectivity index (χ3n) is 6.62. The average Bonchev–Trinajstić information content (AvgIpc) is 3.18. The summed E-state index contributed by atoms with van der Waals surface area (Å²) >= 11 is 0. The molecule has 0 aromatic carbocycles. The number of fused-ring (bicyclic) bond motifs is 5. The molecule has 0 aromatic heterocycles. The minimum Gasteiger partial charge on any atom is -0.435 e. The molecule has 0 N–H and O–H groups in total. The summed E-state index contributed by atoms with van der Waals surface area (Å²) in [7, 11) is 0.760. The van der Waals surface area contributed by atoms with Crippen molar-refractivity contribution in [2.24, 2.45) is 35.0 Å². The van der Waals surface area contributed by atoms with Crippen molar-refractivity contribution in [2.45, 2.75) is 72.2 Å². The number of hydrogen-bond donors (Lipinski definition) is 0. The number of carbonyl (C=O) groups is 1. The van der Waals surface area contributed by atoms with Crippen LogP contribution in [0.5, 0.6) is 0 Å². The summed E-state index contributed by atoms with van der Waals surface area (Å²) in [6, 6.07) is 0. The predicted molar refractivity (Wildman–Crippen MR) is 99.5 cm³/mol. The minimum absolute atomic E-state index is 0.0996. The second kappa shape index (κ2) is 7.23. The van der Waals surface area contributed by atoms with Gasteiger partial charge in [0.1, 0.15) is 0 Å². The first-order valence-corrected chi connectivity index (χ1v) is 11.6. The van der Waals surface area contributed by atoms with Crippen molar-refractivity contribution in [1.29, 1.82) is 0 Å². The standard InChI is InChI=1S/C20H35O3P/c1-12(2)18(23-19(21)20(3,4)11-24-5)22-17-10-13-9-16(17)15-8-6-7-14(13)15/h12-18,24H,6-11H2,1-5H3. The van der Waals surface area contributed by atoms with Crippen molar-refractivity contribution in [3.8, 4) is 0 Å². The molecule has 24 heavy (non-hydrogen) atoms. The molecule has 0 spiro atoms. The van der Waals surface area contributed by atoms with Crippen LogP contribution in [-0.4, -0.2) is 31.2 Å². The fourth-order valence-electron chi connectivity index (χ4n) is 5.43. The van der Waals surface area contributed by atoms with Crippen LogP contribution in [-0.2, 0) is 14.3 Å². The normalized spacial score (nSPS) is 36.7. The highest BCUT2D eigenvalue weighted by Gasteiger charge is 2.55. The van der Waals surface area contributed by atoms with Gasteiger partial charge in [-0.15, -0.1) is 8.58 Å². The molecule has 0 heterocycles. The SMILES string of the molecule is CPCC(C)(C)C(=O)OC(OC1CC2CC1C1CCCC21)C(C)C. The van der Waals surface area contributed by atoms with E-state index in [1.165, 1.54) is 32.1 Å². The van der Waals surface area contributed by atoms with Gasteiger partial charge in [-0.25, -0.2) is 0 Å². The Morgan fingerprint density at radius 1 is 1.17 bits per heavy atom. The number of carbonyl (C=O) groups excluding carboxylic acids is 1. The topological polar surface area (TPSA) is 35.5 Å². The monoisotopic (exact) mass is 354 g/mol. The third kappa shape index (κ3) is 3.54. The van der Waals surface area contributed by atoms with E-state index in [1.807, 2.05) is 13.8 Å². The molecule has 3 rings (SSSR count). The second-order valence-corrected chi connectivity index (χ2v) is 10.3. The van der Waals surface area contributed by atoms with E-state index in [9.17, 15) is 4.79 Å². The predicted octanol–water partition coefficient (Wildman–Crippen LogP) is 4.69. The zero-order valence-electron chi connectivity index (χ0n) is 16.0. The molecule has 0 amide bonds. The molecule has 3 fully saturated rings. The van der Waals surface area contributed by atoms with Gasteiger partial charge >= 0.3 is 5.97 Å². The highest BCUT2D eigenvalue weighted by Crippen LogP contribution is 2.59. The van der Waals surface area contributed by atoms with Gasteiger partial charge in [-0.3, -0.25) is 4.79 Å². The highest BCUT2D eigenvalue weighted by molar-refractivity contribution is 7.37. The van der Waals surface area contributed by atoms with Gasteiger partial charge in [-0.1, -0.05) is 20.3 Å². The fourth-order valence-corrected chi connectivity index (χ4v) is 6.46. The van der Waals surface area contributed by atoms with Crippen LogP contribution in [0, 0.1) is 35.0 Å². The van der Waals surface area contributed by atoms with Crippen LogP contribution < -0.4 is 0 Å². The molecule has 3 nitrogen and oxygen atoms in total. The summed E-state index contributed by atoms with van der Waals surface area (Å²) < 4.78 is 12.3. The van der Waals surface area contributed by atoms with Crippen LogP contribution in [0.25, 0.3) is 0 Å². The summed E-state index contributed by atoms with van der Waals surface area (Å²) in [6.07, 6.45) is 7.58.